The van der Waals surface area contributed by atoms with E-state index in [1.807, 2.05) is 0 Å². The predicted molar refractivity (Wildman–Crippen MR) is 90.3 cm³/mol. The fraction of sp³-hybridized carbons (Fsp3) is 0.688. The molecule has 2 heterocycles. The second-order valence-electron chi connectivity index (χ2n) is 6.35. The molecule has 2 aliphatic rings. The van der Waals surface area contributed by atoms with E-state index in [2.05, 4.69) is 4.98 Å². The Balaban J connectivity index is 1.67. The lowest BCUT2D eigenvalue weighted by atomic mass is 10.0. The summed E-state index contributed by atoms with van der Waals surface area (Å²) in [4.78, 5) is 3.94. The molecule has 1 aromatic rings. The van der Waals surface area contributed by atoms with E-state index in [0.29, 0.717) is 23.9 Å². The van der Waals surface area contributed by atoms with Crippen LogP contribution in [0.4, 0.5) is 0 Å². The second kappa shape index (κ2) is 7.36. The molecule has 0 N–H and O–H groups in total. The van der Waals surface area contributed by atoms with Crippen molar-refractivity contribution in [3.63, 3.8) is 0 Å². The van der Waals surface area contributed by atoms with Gasteiger partial charge in [-0.15, -0.1) is 0 Å². The minimum atomic E-state index is -3.21. The Bertz CT molecular complexity index is 632. The lowest BCUT2D eigenvalue weighted by Crippen LogP contribution is -2.48. The van der Waals surface area contributed by atoms with Crippen LogP contribution in [-0.4, -0.2) is 42.2 Å². The number of hydrogen-bond donors (Lipinski definition) is 0. The van der Waals surface area contributed by atoms with E-state index in [4.69, 9.17) is 16.3 Å². The first-order valence-electron chi connectivity index (χ1n) is 8.32. The largest absolute Gasteiger partial charge is 0.487 e. The minimum Gasteiger partial charge on any atom is -0.487 e. The van der Waals surface area contributed by atoms with E-state index in [0.717, 1.165) is 44.9 Å². The first-order chi connectivity index (χ1) is 11.1. The van der Waals surface area contributed by atoms with Gasteiger partial charge in [-0.2, -0.15) is 4.31 Å². The Hall–Kier alpha value is -0.850. The highest BCUT2D eigenvalue weighted by Gasteiger charge is 2.36. The Morgan fingerprint density at radius 1 is 1.17 bits per heavy atom. The molecule has 3 rings (SSSR count). The van der Waals surface area contributed by atoms with Crippen LogP contribution in [-0.2, 0) is 10.0 Å². The van der Waals surface area contributed by atoms with Gasteiger partial charge in [-0.1, -0.05) is 30.9 Å². The maximum Gasteiger partial charge on any atom is 0.217 e. The van der Waals surface area contributed by atoms with Gasteiger partial charge in [-0.3, -0.25) is 4.98 Å². The topological polar surface area (TPSA) is 59.5 Å². The predicted octanol–water partition coefficient (Wildman–Crippen LogP) is 3.24. The molecule has 1 aliphatic carbocycles. The summed E-state index contributed by atoms with van der Waals surface area (Å²) in [5.41, 5.74) is 0. The van der Waals surface area contributed by atoms with Crippen LogP contribution in [0.5, 0.6) is 5.75 Å². The maximum absolute atomic E-state index is 12.8. The number of pyridine rings is 1. The molecule has 1 saturated heterocycles. The van der Waals surface area contributed by atoms with E-state index >= 15 is 0 Å². The van der Waals surface area contributed by atoms with Gasteiger partial charge in [-0.25, -0.2) is 8.42 Å². The first-order valence-corrected chi connectivity index (χ1v) is 10.2. The lowest BCUT2D eigenvalue weighted by molar-refractivity contribution is 0.129. The zero-order chi connectivity index (χ0) is 16.3. The van der Waals surface area contributed by atoms with Crippen LogP contribution in [0.2, 0.25) is 5.02 Å². The molecule has 23 heavy (non-hydrogen) atoms. The number of ether oxygens (including phenoxy) is 1. The SMILES string of the molecule is O=S(=O)(C1CCCCC1)N1CCCC(Oc2ccncc2Cl)C1. The van der Waals surface area contributed by atoms with Crippen molar-refractivity contribution in [3.8, 4) is 5.75 Å². The first kappa shape index (κ1) is 17.0. The van der Waals surface area contributed by atoms with E-state index in [-0.39, 0.29) is 11.4 Å². The third kappa shape index (κ3) is 3.98. The van der Waals surface area contributed by atoms with Crippen molar-refractivity contribution >= 4 is 21.6 Å². The van der Waals surface area contributed by atoms with Gasteiger partial charge >= 0.3 is 0 Å². The monoisotopic (exact) mass is 358 g/mol. The summed E-state index contributed by atoms with van der Waals surface area (Å²) in [6.07, 6.45) is 9.45. The maximum atomic E-state index is 12.8. The second-order valence-corrected chi connectivity index (χ2v) is 8.97. The molecule has 1 aromatic heterocycles. The van der Waals surface area contributed by atoms with E-state index < -0.39 is 10.0 Å². The van der Waals surface area contributed by atoms with Crippen molar-refractivity contribution in [1.29, 1.82) is 0 Å². The van der Waals surface area contributed by atoms with Gasteiger partial charge in [0.05, 0.1) is 11.8 Å². The van der Waals surface area contributed by atoms with Gasteiger partial charge in [0.1, 0.15) is 16.9 Å². The number of rotatable bonds is 4. The lowest BCUT2D eigenvalue weighted by Gasteiger charge is -2.35. The van der Waals surface area contributed by atoms with E-state index in [9.17, 15) is 8.42 Å². The summed E-state index contributed by atoms with van der Waals surface area (Å²) in [5, 5.41) is 0.249. The molecule has 0 amide bonds. The Labute approximate surface area is 143 Å². The molecular weight excluding hydrogens is 336 g/mol. The molecule has 1 atom stereocenters. The van der Waals surface area contributed by atoms with Crippen molar-refractivity contribution in [2.75, 3.05) is 13.1 Å². The van der Waals surface area contributed by atoms with Crippen LogP contribution in [0.25, 0.3) is 0 Å². The van der Waals surface area contributed by atoms with E-state index in [1.54, 1.807) is 16.6 Å². The molecular formula is C16H23ClN2O3S. The average Bonchev–Trinajstić information content (AvgIpc) is 2.58. The molecule has 7 heteroatoms. The Morgan fingerprint density at radius 2 is 1.96 bits per heavy atom. The average molecular weight is 359 g/mol. The molecule has 1 saturated carbocycles. The number of nitrogens with zero attached hydrogens (tertiary/aromatic N) is 2. The number of halogens is 1. The van der Waals surface area contributed by atoms with Crippen molar-refractivity contribution in [2.45, 2.75) is 56.3 Å². The fourth-order valence-electron chi connectivity index (χ4n) is 3.44. The van der Waals surface area contributed by atoms with Crippen molar-refractivity contribution in [1.82, 2.24) is 9.29 Å². The molecule has 0 radical (unpaired) electrons. The zero-order valence-corrected chi connectivity index (χ0v) is 14.7. The number of piperidine rings is 1. The number of aromatic nitrogens is 1. The van der Waals surface area contributed by atoms with Gasteiger partial charge in [0.15, 0.2) is 0 Å². The molecule has 1 unspecified atom stereocenters. The molecule has 5 nitrogen and oxygen atoms in total. The summed E-state index contributed by atoms with van der Waals surface area (Å²) in [7, 11) is -3.21. The van der Waals surface area contributed by atoms with Crippen molar-refractivity contribution in [3.05, 3.63) is 23.5 Å². The quantitative estimate of drug-likeness (QED) is 0.829. The van der Waals surface area contributed by atoms with E-state index in [1.165, 1.54) is 6.20 Å². The van der Waals surface area contributed by atoms with Gasteiger partial charge < -0.3 is 4.74 Å². The van der Waals surface area contributed by atoms with Gasteiger partial charge in [0, 0.05) is 25.0 Å². The highest BCUT2D eigenvalue weighted by Crippen LogP contribution is 2.30. The smallest absolute Gasteiger partial charge is 0.217 e. The van der Waals surface area contributed by atoms with Crippen LogP contribution in [0.15, 0.2) is 18.5 Å². The van der Waals surface area contributed by atoms with Gasteiger partial charge in [0.25, 0.3) is 0 Å². The summed E-state index contributed by atoms with van der Waals surface area (Å²) >= 11 is 6.07. The summed E-state index contributed by atoms with van der Waals surface area (Å²) < 4.78 is 33.2. The van der Waals surface area contributed by atoms with Crippen LogP contribution in [0, 0.1) is 0 Å². The minimum absolute atomic E-state index is 0.151. The Kier molecular flexibility index (Phi) is 5.44. The summed E-state index contributed by atoms with van der Waals surface area (Å²) in [5.74, 6) is 0.573. The third-order valence-corrected chi connectivity index (χ3v) is 7.35. The van der Waals surface area contributed by atoms with Crippen molar-refractivity contribution in [2.24, 2.45) is 0 Å². The number of sulfonamides is 1. The highest BCUT2D eigenvalue weighted by molar-refractivity contribution is 7.89. The fourth-order valence-corrected chi connectivity index (χ4v) is 5.72. The zero-order valence-electron chi connectivity index (χ0n) is 13.2. The third-order valence-electron chi connectivity index (χ3n) is 4.70. The molecule has 0 bridgehead atoms. The summed E-state index contributed by atoms with van der Waals surface area (Å²) in [6, 6.07) is 1.72. The van der Waals surface area contributed by atoms with Gasteiger partial charge in [0.2, 0.25) is 10.0 Å². The number of hydrogen-bond acceptors (Lipinski definition) is 4. The normalized spacial score (nSPS) is 24.5. The highest BCUT2D eigenvalue weighted by atomic mass is 35.5. The van der Waals surface area contributed by atoms with Crippen molar-refractivity contribution < 1.29 is 13.2 Å². The standard InChI is InChI=1S/C16H23ClN2O3S/c17-15-11-18-9-8-16(15)22-13-5-4-10-19(12-13)23(20,21)14-6-2-1-3-7-14/h8-9,11,13-14H,1-7,10,12H2. The molecule has 1 aliphatic heterocycles. The van der Waals surface area contributed by atoms with Crippen LogP contribution < -0.4 is 4.74 Å². The summed E-state index contributed by atoms with van der Waals surface area (Å²) in [6.45, 7) is 1.01. The molecule has 0 spiro atoms. The van der Waals surface area contributed by atoms with Crippen LogP contribution >= 0.6 is 11.6 Å². The van der Waals surface area contributed by atoms with Crippen LogP contribution in [0.1, 0.15) is 44.9 Å². The molecule has 0 aromatic carbocycles. The molecule has 128 valence electrons. The Morgan fingerprint density at radius 3 is 2.70 bits per heavy atom. The van der Waals surface area contributed by atoms with Gasteiger partial charge in [-0.05, 0) is 25.7 Å². The van der Waals surface area contributed by atoms with Crippen LogP contribution in [0.3, 0.4) is 0 Å². The molecule has 2 fully saturated rings.